The third-order valence-corrected chi connectivity index (χ3v) is 5.27. The van der Waals surface area contributed by atoms with Crippen LogP contribution in [0.25, 0.3) is 0 Å². The van der Waals surface area contributed by atoms with Gasteiger partial charge in [0.15, 0.2) is 0 Å². The predicted octanol–water partition coefficient (Wildman–Crippen LogP) is 1.26. The number of fused-ring (bicyclic) bond motifs is 6. The van der Waals surface area contributed by atoms with E-state index in [9.17, 15) is 0 Å². The monoisotopic (exact) mass is 330 g/mol. The lowest BCUT2D eigenvalue weighted by molar-refractivity contribution is -0.477. The summed E-state index contributed by atoms with van der Waals surface area (Å²) in [6, 6.07) is 0. The Morgan fingerprint density at radius 1 is 0.609 bits per heavy atom. The highest BCUT2D eigenvalue weighted by molar-refractivity contribution is 4.91. The third kappa shape index (κ3) is 2.72. The van der Waals surface area contributed by atoms with Gasteiger partial charge in [-0.15, -0.1) is 0 Å². The van der Waals surface area contributed by atoms with Crippen molar-refractivity contribution in [3.05, 3.63) is 0 Å². The summed E-state index contributed by atoms with van der Waals surface area (Å²) in [5.41, 5.74) is -0.431. The molecule has 0 saturated carbocycles. The van der Waals surface area contributed by atoms with Crippen molar-refractivity contribution in [1.29, 1.82) is 0 Å². The second-order valence-corrected chi connectivity index (χ2v) is 7.30. The van der Waals surface area contributed by atoms with Gasteiger partial charge in [-0.3, -0.25) is 0 Å². The normalized spacial score (nSPS) is 48.8. The zero-order chi connectivity index (χ0) is 16.0. The van der Waals surface area contributed by atoms with Gasteiger partial charge in [0, 0.05) is 12.8 Å². The molecular formula is C16H26O7. The van der Waals surface area contributed by atoms with Crippen molar-refractivity contribution in [2.45, 2.75) is 38.6 Å². The summed E-state index contributed by atoms with van der Waals surface area (Å²) in [5, 5.41) is 0. The minimum atomic E-state index is -0.827. The smallest absolute Gasteiger partial charge is 0.282 e. The first-order valence-corrected chi connectivity index (χ1v) is 8.48. The molecule has 0 aromatic rings. The Bertz CT molecular complexity index is 363. The van der Waals surface area contributed by atoms with Crippen LogP contribution in [0, 0.1) is 10.8 Å². The minimum Gasteiger partial charge on any atom is -0.380 e. The Morgan fingerprint density at radius 3 is 1.17 bits per heavy atom. The zero-order valence-corrected chi connectivity index (χ0v) is 13.9. The summed E-state index contributed by atoms with van der Waals surface area (Å²) in [6.45, 7) is 8.71. The van der Waals surface area contributed by atoms with Crippen LogP contribution in [0.2, 0.25) is 0 Å². The molecule has 6 aliphatic heterocycles. The molecule has 7 nitrogen and oxygen atoms in total. The van der Waals surface area contributed by atoms with Gasteiger partial charge in [0.05, 0.1) is 63.7 Å². The Balaban J connectivity index is 1.28. The molecule has 6 saturated heterocycles. The summed E-state index contributed by atoms with van der Waals surface area (Å²) in [7, 11) is 0. The van der Waals surface area contributed by atoms with Crippen LogP contribution in [0.4, 0.5) is 0 Å². The summed E-state index contributed by atoms with van der Waals surface area (Å²) in [6.07, 6.45) is 1.39. The van der Waals surface area contributed by atoms with Crippen LogP contribution in [0.3, 0.4) is 0 Å². The van der Waals surface area contributed by atoms with Gasteiger partial charge in [0.1, 0.15) is 0 Å². The molecule has 6 rings (SSSR count). The summed E-state index contributed by atoms with van der Waals surface area (Å²) >= 11 is 0. The van der Waals surface area contributed by atoms with Crippen LogP contribution in [-0.4, -0.2) is 64.8 Å². The average molecular weight is 330 g/mol. The summed E-state index contributed by atoms with van der Waals surface area (Å²) in [4.78, 5) is 0. The van der Waals surface area contributed by atoms with Crippen molar-refractivity contribution in [3.63, 3.8) is 0 Å². The molecule has 0 amide bonds. The lowest BCUT2D eigenvalue weighted by Gasteiger charge is -2.53. The highest BCUT2D eigenvalue weighted by atomic mass is 16.9. The topological polar surface area (TPSA) is 64.6 Å². The van der Waals surface area contributed by atoms with E-state index in [1.54, 1.807) is 0 Å². The van der Waals surface area contributed by atoms with Crippen LogP contribution in [-0.2, 0) is 33.2 Å². The van der Waals surface area contributed by atoms with E-state index in [0.29, 0.717) is 65.7 Å². The second-order valence-electron chi connectivity index (χ2n) is 7.30. The fraction of sp³-hybridized carbons (Fsp3) is 1.00. The van der Waals surface area contributed by atoms with Crippen molar-refractivity contribution in [1.82, 2.24) is 0 Å². The molecule has 0 radical (unpaired) electrons. The van der Waals surface area contributed by atoms with Crippen LogP contribution < -0.4 is 0 Å². The van der Waals surface area contributed by atoms with E-state index in [2.05, 4.69) is 0 Å². The molecule has 4 bridgehead atoms. The van der Waals surface area contributed by atoms with Crippen molar-refractivity contribution < 1.29 is 33.2 Å². The second kappa shape index (κ2) is 5.62. The largest absolute Gasteiger partial charge is 0.380 e. The molecule has 0 unspecified atom stereocenters. The van der Waals surface area contributed by atoms with E-state index in [1.165, 1.54) is 0 Å². The predicted molar refractivity (Wildman–Crippen MR) is 77.4 cm³/mol. The number of rotatable bonds is 6. The standard InChI is InChI=1S/C16H26O7/c1-3-15-18-7-13(8-19-15,9-20-15)5-17-6-14-10-21-16(4-2,22-11-14)23-12-14/h3-12H2,1-2H3. The number of hydrogen-bond acceptors (Lipinski definition) is 7. The van der Waals surface area contributed by atoms with E-state index < -0.39 is 11.9 Å². The van der Waals surface area contributed by atoms with Gasteiger partial charge in [0.2, 0.25) is 0 Å². The maximum Gasteiger partial charge on any atom is 0.282 e. The molecule has 7 heteroatoms. The Hall–Kier alpha value is -0.280. The lowest BCUT2D eigenvalue weighted by Crippen LogP contribution is -2.63. The van der Waals surface area contributed by atoms with Crippen LogP contribution in [0.5, 0.6) is 0 Å². The van der Waals surface area contributed by atoms with Crippen molar-refractivity contribution in [2.24, 2.45) is 10.8 Å². The molecule has 6 heterocycles. The quantitative estimate of drug-likeness (QED) is 0.726. The molecule has 0 aliphatic carbocycles. The van der Waals surface area contributed by atoms with E-state index in [1.807, 2.05) is 13.8 Å². The van der Waals surface area contributed by atoms with Gasteiger partial charge in [-0.05, 0) is 0 Å². The molecule has 0 aromatic carbocycles. The van der Waals surface area contributed by atoms with Crippen LogP contribution in [0.1, 0.15) is 26.7 Å². The zero-order valence-electron chi connectivity index (χ0n) is 13.9. The van der Waals surface area contributed by atoms with E-state index in [-0.39, 0.29) is 10.8 Å². The van der Waals surface area contributed by atoms with Gasteiger partial charge in [-0.1, -0.05) is 13.8 Å². The maximum absolute atomic E-state index is 6.00. The molecule has 6 aliphatic rings. The minimum absolute atomic E-state index is 0.216. The molecule has 6 fully saturated rings. The van der Waals surface area contributed by atoms with Gasteiger partial charge >= 0.3 is 0 Å². The molecular weight excluding hydrogens is 304 g/mol. The molecule has 132 valence electrons. The van der Waals surface area contributed by atoms with Gasteiger partial charge in [-0.25, -0.2) is 0 Å². The third-order valence-electron chi connectivity index (χ3n) is 5.27. The molecule has 0 N–H and O–H groups in total. The average Bonchev–Trinajstić information content (AvgIpc) is 2.65. The van der Waals surface area contributed by atoms with E-state index in [0.717, 1.165) is 0 Å². The lowest BCUT2D eigenvalue weighted by atomic mass is 9.88. The maximum atomic E-state index is 6.00. The molecule has 0 aromatic heterocycles. The summed E-state index contributed by atoms with van der Waals surface area (Å²) in [5.74, 6) is -1.65. The van der Waals surface area contributed by atoms with Crippen LogP contribution >= 0.6 is 0 Å². The highest BCUT2D eigenvalue weighted by Crippen LogP contribution is 2.42. The first-order chi connectivity index (χ1) is 11.1. The fourth-order valence-corrected chi connectivity index (χ4v) is 3.42. The van der Waals surface area contributed by atoms with E-state index in [4.69, 9.17) is 33.2 Å². The fourth-order valence-electron chi connectivity index (χ4n) is 3.42. The summed E-state index contributed by atoms with van der Waals surface area (Å²) < 4.78 is 40.5. The number of hydrogen-bond donors (Lipinski definition) is 0. The Kier molecular flexibility index (Phi) is 3.96. The molecule has 0 spiro atoms. The van der Waals surface area contributed by atoms with Crippen molar-refractivity contribution in [3.8, 4) is 0 Å². The first-order valence-electron chi connectivity index (χ1n) is 8.48. The van der Waals surface area contributed by atoms with Crippen molar-refractivity contribution >= 4 is 0 Å². The highest BCUT2D eigenvalue weighted by Gasteiger charge is 2.54. The number of ether oxygens (including phenoxy) is 7. The van der Waals surface area contributed by atoms with Crippen molar-refractivity contribution in [2.75, 3.05) is 52.9 Å². The van der Waals surface area contributed by atoms with Gasteiger partial charge in [-0.2, -0.15) is 0 Å². The van der Waals surface area contributed by atoms with Gasteiger partial charge < -0.3 is 33.2 Å². The first kappa shape index (κ1) is 16.2. The SMILES string of the molecule is CCC12OCC(COCC34COC(CC)(OC3)OC4)(CO1)CO2. The molecule has 23 heavy (non-hydrogen) atoms. The Labute approximate surface area is 136 Å². The van der Waals surface area contributed by atoms with Gasteiger partial charge in [0.25, 0.3) is 11.9 Å². The molecule has 0 atom stereocenters. The Morgan fingerprint density at radius 2 is 0.913 bits per heavy atom. The van der Waals surface area contributed by atoms with Crippen LogP contribution in [0.15, 0.2) is 0 Å². The van der Waals surface area contributed by atoms with E-state index >= 15 is 0 Å².